The van der Waals surface area contributed by atoms with Crippen LogP contribution in [0.25, 0.3) is 0 Å². The lowest BCUT2D eigenvalue weighted by Crippen LogP contribution is -2.45. The Morgan fingerprint density at radius 2 is 1.92 bits per heavy atom. The van der Waals surface area contributed by atoms with Crippen LogP contribution in [0.15, 0.2) is 18.2 Å². The van der Waals surface area contributed by atoms with Gasteiger partial charge in [0.05, 0.1) is 12.7 Å². The second-order valence-electron chi connectivity index (χ2n) is 6.43. The maximum Gasteiger partial charge on any atom is 0.416 e. The molecule has 0 unspecified atom stereocenters. The lowest BCUT2D eigenvalue weighted by Gasteiger charge is -2.36. The Morgan fingerprint density at radius 3 is 2.46 bits per heavy atom. The third-order valence-corrected chi connectivity index (χ3v) is 4.77. The Morgan fingerprint density at radius 1 is 1.25 bits per heavy atom. The van der Waals surface area contributed by atoms with Crippen LogP contribution in [0.4, 0.5) is 13.2 Å². The number of piperazine rings is 1. The highest BCUT2D eigenvalue weighted by molar-refractivity contribution is 5.85. The monoisotopic (exact) mass is 364 g/mol. The van der Waals surface area contributed by atoms with Gasteiger partial charge in [0.1, 0.15) is 5.75 Å². The van der Waals surface area contributed by atoms with Crippen LogP contribution in [0, 0.1) is 5.92 Å². The van der Waals surface area contributed by atoms with Gasteiger partial charge >= 0.3 is 6.18 Å². The first-order valence-electron chi connectivity index (χ1n) is 8.19. The Kier molecular flexibility index (Phi) is 6.39. The summed E-state index contributed by atoms with van der Waals surface area (Å²) in [5.74, 6) is 0.824. The van der Waals surface area contributed by atoms with E-state index in [9.17, 15) is 13.2 Å². The minimum absolute atomic E-state index is 0. The Balaban J connectivity index is 0.00000208. The molecule has 24 heavy (non-hydrogen) atoms. The molecule has 1 aliphatic carbocycles. The molecule has 2 fully saturated rings. The van der Waals surface area contributed by atoms with Gasteiger partial charge in [-0.25, -0.2) is 0 Å². The first-order chi connectivity index (χ1) is 11.0. The van der Waals surface area contributed by atoms with Crippen molar-refractivity contribution in [2.75, 3.05) is 33.3 Å². The summed E-state index contributed by atoms with van der Waals surface area (Å²) in [6, 6.07) is 4.23. The van der Waals surface area contributed by atoms with Gasteiger partial charge < -0.3 is 10.1 Å². The van der Waals surface area contributed by atoms with Gasteiger partial charge in [-0.2, -0.15) is 13.2 Å². The molecule has 1 N–H and O–H groups in total. The van der Waals surface area contributed by atoms with Crippen LogP contribution in [0.3, 0.4) is 0 Å². The van der Waals surface area contributed by atoms with Gasteiger partial charge in [0.15, 0.2) is 0 Å². The fourth-order valence-corrected chi connectivity index (χ4v) is 3.33. The molecule has 3 rings (SSSR count). The Hall–Kier alpha value is -0.980. The molecule has 3 nitrogen and oxygen atoms in total. The lowest BCUT2D eigenvalue weighted by molar-refractivity contribution is -0.139. The number of methoxy groups -OCH3 is 1. The van der Waals surface area contributed by atoms with E-state index < -0.39 is 11.7 Å². The number of nitrogens with zero attached hydrogens (tertiary/aromatic N) is 1. The number of hydrogen-bond donors (Lipinski definition) is 1. The summed E-state index contributed by atoms with van der Waals surface area (Å²) in [6.07, 6.45) is -1.27. The van der Waals surface area contributed by atoms with Crippen molar-refractivity contribution in [2.24, 2.45) is 5.92 Å². The van der Waals surface area contributed by atoms with Crippen LogP contribution in [-0.4, -0.2) is 38.2 Å². The van der Waals surface area contributed by atoms with E-state index in [1.807, 2.05) is 0 Å². The number of hydrogen-bond acceptors (Lipinski definition) is 3. The summed E-state index contributed by atoms with van der Waals surface area (Å²) in [6.45, 7) is 3.25. The van der Waals surface area contributed by atoms with E-state index in [4.69, 9.17) is 4.74 Å². The van der Waals surface area contributed by atoms with Crippen molar-refractivity contribution >= 4 is 12.4 Å². The van der Waals surface area contributed by atoms with Gasteiger partial charge in [0.2, 0.25) is 0 Å². The number of alkyl halides is 3. The van der Waals surface area contributed by atoms with Crippen molar-refractivity contribution in [3.8, 4) is 5.75 Å². The molecule has 2 aliphatic rings. The van der Waals surface area contributed by atoms with E-state index in [1.54, 1.807) is 12.1 Å². The summed E-state index contributed by atoms with van der Waals surface area (Å²) < 4.78 is 45.7. The number of halogens is 4. The summed E-state index contributed by atoms with van der Waals surface area (Å²) in [5.41, 5.74) is -0.159. The van der Waals surface area contributed by atoms with E-state index in [0.29, 0.717) is 11.5 Å². The van der Waals surface area contributed by atoms with Crippen LogP contribution in [0.1, 0.15) is 36.4 Å². The summed E-state index contributed by atoms with van der Waals surface area (Å²) in [5, 5.41) is 3.27. The van der Waals surface area contributed by atoms with E-state index in [1.165, 1.54) is 7.11 Å². The maximum absolute atomic E-state index is 13.6. The molecule has 1 aromatic carbocycles. The van der Waals surface area contributed by atoms with Crippen molar-refractivity contribution in [3.63, 3.8) is 0 Å². The quantitative estimate of drug-likeness (QED) is 0.858. The van der Waals surface area contributed by atoms with Gasteiger partial charge in [-0.05, 0) is 30.0 Å². The van der Waals surface area contributed by atoms with E-state index in [2.05, 4.69) is 10.2 Å². The second-order valence-corrected chi connectivity index (χ2v) is 6.43. The molecule has 1 aliphatic heterocycles. The summed E-state index contributed by atoms with van der Waals surface area (Å²) in [4.78, 5) is 2.20. The molecule has 0 amide bonds. The molecule has 1 aromatic rings. The molecule has 1 saturated carbocycles. The predicted molar refractivity (Wildman–Crippen MR) is 89.8 cm³/mol. The molecule has 0 spiro atoms. The van der Waals surface area contributed by atoms with E-state index >= 15 is 0 Å². The molecule has 7 heteroatoms. The minimum Gasteiger partial charge on any atom is -0.497 e. The molecule has 0 aromatic heterocycles. The fraction of sp³-hybridized carbons (Fsp3) is 0.647. The Labute approximate surface area is 147 Å². The van der Waals surface area contributed by atoms with Crippen molar-refractivity contribution in [2.45, 2.75) is 31.5 Å². The molecule has 136 valence electrons. The highest BCUT2D eigenvalue weighted by Gasteiger charge is 2.39. The second kappa shape index (κ2) is 7.93. The number of rotatable bonds is 5. The third-order valence-electron chi connectivity index (χ3n) is 4.77. The van der Waals surface area contributed by atoms with Gasteiger partial charge in [-0.1, -0.05) is 18.9 Å². The van der Waals surface area contributed by atoms with E-state index in [-0.39, 0.29) is 24.2 Å². The first kappa shape index (κ1) is 19.3. The molecule has 1 saturated heterocycles. The highest BCUT2D eigenvalue weighted by Crippen LogP contribution is 2.44. The number of benzene rings is 1. The van der Waals surface area contributed by atoms with Gasteiger partial charge in [-0.3, -0.25) is 4.90 Å². The van der Waals surface area contributed by atoms with Gasteiger partial charge in [0, 0.05) is 32.2 Å². The van der Waals surface area contributed by atoms with Gasteiger partial charge in [0.25, 0.3) is 0 Å². The van der Waals surface area contributed by atoms with Crippen LogP contribution >= 0.6 is 12.4 Å². The summed E-state index contributed by atoms with van der Waals surface area (Å²) in [7, 11) is 1.40. The van der Waals surface area contributed by atoms with Crippen molar-refractivity contribution < 1.29 is 17.9 Å². The first-order valence-corrected chi connectivity index (χ1v) is 8.19. The largest absolute Gasteiger partial charge is 0.497 e. The SMILES string of the molecule is COc1ccc([C@H](CC2CC2)N2CCNCC2)c(C(F)(F)F)c1.Cl. The average molecular weight is 365 g/mol. The molecular formula is C17H24ClF3N2O. The molecule has 1 atom stereocenters. The number of nitrogens with one attached hydrogen (secondary N) is 1. The predicted octanol–water partition coefficient (Wildman–Crippen LogP) is 3.88. The van der Waals surface area contributed by atoms with Crippen LogP contribution in [0.5, 0.6) is 5.75 Å². The lowest BCUT2D eigenvalue weighted by atomic mass is 9.93. The zero-order valence-corrected chi connectivity index (χ0v) is 14.6. The topological polar surface area (TPSA) is 24.5 Å². The molecular weight excluding hydrogens is 341 g/mol. The average Bonchev–Trinajstić information content (AvgIpc) is 3.36. The van der Waals surface area contributed by atoms with Gasteiger partial charge in [-0.15, -0.1) is 12.4 Å². The smallest absolute Gasteiger partial charge is 0.416 e. The molecule has 0 bridgehead atoms. The van der Waals surface area contributed by atoms with Crippen molar-refractivity contribution in [1.29, 1.82) is 0 Å². The zero-order valence-electron chi connectivity index (χ0n) is 13.7. The highest BCUT2D eigenvalue weighted by atomic mass is 35.5. The van der Waals surface area contributed by atoms with Crippen LogP contribution < -0.4 is 10.1 Å². The molecule has 1 heterocycles. The fourth-order valence-electron chi connectivity index (χ4n) is 3.33. The maximum atomic E-state index is 13.6. The third kappa shape index (κ3) is 4.55. The standard InChI is InChI=1S/C17H23F3N2O.ClH/c1-23-13-4-5-14(15(11-13)17(18,19)20)16(10-12-2-3-12)22-8-6-21-7-9-22;/h4-5,11-12,16,21H,2-3,6-10H2,1H3;1H/t16-;/m0./s1. The Bertz CT molecular complexity index is 543. The normalized spacial score (nSPS) is 20.3. The van der Waals surface area contributed by atoms with E-state index in [0.717, 1.165) is 51.5 Å². The summed E-state index contributed by atoms with van der Waals surface area (Å²) >= 11 is 0. The number of ether oxygens (including phenoxy) is 1. The van der Waals surface area contributed by atoms with Crippen molar-refractivity contribution in [3.05, 3.63) is 29.3 Å². The molecule has 0 radical (unpaired) electrons. The minimum atomic E-state index is -4.36. The zero-order chi connectivity index (χ0) is 16.4. The van der Waals surface area contributed by atoms with Crippen LogP contribution in [-0.2, 0) is 6.18 Å². The van der Waals surface area contributed by atoms with Crippen molar-refractivity contribution in [1.82, 2.24) is 10.2 Å². The van der Waals surface area contributed by atoms with Crippen LogP contribution in [0.2, 0.25) is 0 Å².